The van der Waals surface area contributed by atoms with Crippen LogP contribution in [0.3, 0.4) is 0 Å². The number of alkyl carbamates (subject to hydrolysis) is 2. The van der Waals surface area contributed by atoms with E-state index in [2.05, 4.69) is 52.2 Å². The lowest BCUT2D eigenvalue weighted by atomic mass is 9.82. The van der Waals surface area contributed by atoms with Crippen molar-refractivity contribution in [3.8, 4) is 11.8 Å². The predicted molar refractivity (Wildman–Crippen MR) is 273 cm³/mol. The van der Waals surface area contributed by atoms with Crippen LogP contribution in [-0.4, -0.2) is 152 Å². The van der Waals surface area contributed by atoms with Crippen LogP contribution in [0.4, 0.5) is 46.1 Å². The van der Waals surface area contributed by atoms with E-state index in [1.807, 2.05) is 17.4 Å². The number of aliphatic hydroxyl groups is 1. The van der Waals surface area contributed by atoms with Gasteiger partial charge in [-0.2, -0.15) is 22.0 Å². The van der Waals surface area contributed by atoms with Gasteiger partial charge in [0.05, 0.1) is 51.0 Å². The van der Waals surface area contributed by atoms with E-state index in [-0.39, 0.29) is 17.6 Å². The van der Waals surface area contributed by atoms with E-state index in [1.165, 1.54) is 0 Å². The molecule has 2 unspecified atom stereocenters. The monoisotopic (exact) mass is 1100 g/mol. The maximum Gasteiger partial charge on any atom is 0.407 e. The van der Waals surface area contributed by atoms with E-state index in [1.54, 1.807) is 51.2 Å². The number of ether oxygens (including phenoxy) is 3. The highest BCUT2D eigenvalue weighted by Gasteiger charge is 2.56. The number of benzene rings is 2. The number of nitrogens with one attached hydrogen (secondary N) is 4. The number of aliphatic imine (C=N–C) groups is 1. The van der Waals surface area contributed by atoms with Gasteiger partial charge in [-0.05, 0) is 86.1 Å². The highest BCUT2D eigenvalue weighted by Crippen LogP contribution is 2.41. The van der Waals surface area contributed by atoms with Crippen molar-refractivity contribution in [2.45, 2.75) is 116 Å². The van der Waals surface area contributed by atoms with Crippen molar-refractivity contribution < 1.29 is 69.2 Å². The average molecular weight is 1100 g/mol. The Morgan fingerprint density at radius 1 is 0.872 bits per heavy atom. The van der Waals surface area contributed by atoms with Crippen molar-refractivity contribution in [2.24, 2.45) is 21.6 Å². The molecule has 0 aliphatic carbocycles. The number of alkyl halides is 5. The molecule has 6 atom stereocenters. The number of anilines is 1. The lowest BCUT2D eigenvalue weighted by molar-refractivity contribution is -0.220. The minimum atomic E-state index is -5.09. The molecule has 1 aromatic heterocycles. The van der Waals surface area contributed by atoms with Gasteiger partial charge in [0.2, 0.25) is 5.91 Å². The lowest BCUT2D eigenvalue weighted by Gasteiger charge is -2.47. The van der Waals surface area contributed by atoms with Gasteiger partial charge in [-0.1, -0.05) is 44.7 Å². The van der Waals surface area contributed by atoms with E-state index in [9.17, 15) is 46.2 Å². The number of allylic oxidation sites excluding steroid dienone is 1. The largest absolute Gasteiger partial charge is 0.453 e. The van der Waals surface area contributed by atoms with Gasteiger partial charge in [0.1, 0.15) is 29.5 Å². The quantitative estimate of drug-likeness (QED) is 0.0291. The number of pyridine rings is 1. The van der Waals surface area contributed by atoms with E-state index in [0.29, 0.717) is 54.9 Å². The summed E-state index contributed by atoms with van der Waals surface area (Å²) in [6.07, 6.45) is -4.44. The Bertz CT molecular complexity index is 2690. The minimum absolute atomic E-state index is 0.288. The molecule has 4 amide bonds. The Kier molecular flexibility index (Phi) is 19.8. The summed E-state index contributed by atoms with van der Waals surface area (Å²) in [6, 6.07) is 7.72. The fourth-order valence-corrected chi connectivity index (χ4v) is 9.38. The molecule has 3 aromatic rings. The smallest absolute Gasteiger partial charge is 0.407 e. The average Bonchev–Trinajstić information content (AvgIpc) is 3.62. The Morgan fingerprint density at radius 2 is 1.45 bits per heavy atom. The Morgan fingerprint density at radius 3 is 1.95 bits per heavy atom. The molecule has 3 fully saturated rings. The number of rotatable bonds is 19. The summed E-state index contributed by atoms with van der Waals surface area (Å²) in [6.45, 7) is 4.41. The number of hydrogen-bond donors (Lipinski definition) is 6. The van der Waals surface area contributed by atoms with Crippen molar-refractivity contribution in [1.82, 2.24) is 36.3 Å². The normalized spacial score (nSPS) is 18.8. The zero-order valence-electron chi connectivity index (χ0n) is 44.1. The number of amides is 4. The van der Waals surface area contributed by atoms with Crippen LogP contribution in [0.2, 0.25) is 0 Å². The summed E-state index contributed by atoms with van der Waals surface area (Å²) in [4.78, 5) is 65.5. The summed E-state index contributed by atoms with van der Waals surface area (Å²) in [5.74, 6) is 2.02. The molecule has 0 saturated carbocycles. The van der Waals surface area contributed by atoms with Gasteiger partial charge in [0.25, 0.3) is 5.91 Å². The number of hydrazine groups is 1. The van der Waals surface area contributed by atoms with Gasteiger partial charge in [-0.25, -0.2) is 33.4 Å². The molecule has 2 bridgehead atoms. The van der Waals surface area contributed by atoms with E-state index in [4.69, 9.17) is 15.5 Å². The van der Waals surface area contributed by atoms with Crippen molar-refractivity contribution >= 4 is 41.6 Å². The molecule has 2 aromatic carbocycles. The highest BCUT2D eigenvalue weighted by molar-refractivity contribution is 6.09. The summed E-state index contributed by atoms with van der Waals surface area (Å²) >= 11 is 0. The molecule has 6 rings (SSSR count). The predicted octanol–water partition coefficient (Wildman–Crippen LogP) is 5.41. The SMILES string of the molecule is COC(=O)N[C@H](C(=O)NN(Cc1c(F)cc(C(C=NC(F)F)=CN)cc1F)C[C@H](O)[C@H](Cc1ccc(C#Cc2ccc(N3CC4CCC(C3)N4C3COC3)nc2)cc1)NC(=O)[C@@H](NC(=O)OC)C(C)(C)C(F)(F)F)C(C)(C)C. The van der Waals surface area contributed by atoms with Crippen molar-refractivity contribution in [3.63, 3.8) is 0 Å². The number of methoxy groups -OCH3 is 2. The van der Waals surface area contributed by atoms with Crippen LogP contribution in [0.15, 0.2) is 65.9 Å². The zero-order chi connectivity index (χ0) is 57.3. The summed E-state index contributed by atoms with van der Waals surface area (Å²) < 4.78 is 116. The number of nitrogens with two attached hydrogens (primary N) is 1. The number of carbonyl (C=O) groups is 4. The van der Waals surface area contributed by atoms with Crippen LogP contribution in [0, 0.1) is 34.3 Å². The van der Waals surface area contributed by atoms with Gasteiger partial charge >= 0.3 is 24.9 Å². The van der Waals surface area contributed by atoms with E-state index >= 15 is 8.78 Å². The topological polar surface area (TPSA) is 225 Å². The lowest BCUT2D eigenvalue weighted by Crippen LogP contribution is -2.63. The molecule has 7 N–H and O–H groups in total. The Balaban J connectivity index is 1.29. The second kappa shape index (κ2) is 25.6. The third-order valence-corrected chi connectivity index (χ3v) is 13.9. The van der Waals surface area contributed by atoms with Crippen LogP contribution < -0.4 is 32.0 Å². The van der Waals surface area contributed by atoms with E-state index in [0.717, 1.165) is 82.5 Å². The van der Waals surface area contributed by atoms with E-state index < -0.39 is 102 Å². The van der Waals surface area contributed by atoms with Gasteiger partial charge in [-0.15, -0.1) is 0 Å². The third kappa shape index (κ3) is 15.2. The van der Waals surface area contributed by atoms with Gasteiger partial charge in [-0.3, -0.25) is 19.9 Å². The second-order valence-corrected chi connectivity index (χ2v) is 20.8. The Labute approximate surface area is 447 Å². The molecule has 3 aliphatic heterocycles. The third-order valence-electron chi connectivity index (χ3n) is 13.9. The number of aromatic nitrogens is 1. The number of nitrogens with zero attached hydrogens (tertiary/aromatic N) is 5. The fourth-order valence-electron chi connectivity index (χ4n) is 9.38. The van der Waals surface area contributed by atoms with Crippen LogP contribution in [-0.2, 0) is 36.8 Å². The molecule has 18 nitrogen and oxygen atoms in total. The van der Waals surface area contributed by atoms with Crippen LogP contribution in [0.5, 0.6) is 0 Å². The molecule has 4 heterocycles. The molecule has 424 valence electrons. The first-order chi connectivity index (χ1) is 36.7. The number of aliphatic hydroxyl groups excluding tert-OH is 1. The zero-order valence-corrected chi connectivity index (χ0v) is 44.1. The van der Waals surface area contributed by atoms with Crippen molar-refractivity contribution in [1.29, 1.82) is 0 Å². The van der Waals surface area contributed by atoms with Crippen molar-refractivity contribution in [2.75, 3.05) is 52.0 Å². The van der Waals surface area contributed by atoms with Crippen molar-refractivity contribution in [3.05, 3.63) is 100 Å². The number of piperazine rings is 1. The maximum atomic E-state index is 16.0. The molecular weight excluding hydrogens is 1040 g/mol. The molecule has 0 spiro atoms. The number of hydrogen-bond acceptors (Lipinski definition) is 14. The second-order valence-electron chi connectivity index (χ2n) is 20.8. The minimum Gasteiger partial charge on any atom is -0.453 e. The standard InChI is InChI=1S/C53H65F7N10O8/c1-51(2,3)44(65-49(74)76-6)47(73)67-69(26-38-39(54)19-33(20-40(38)55)34(21-61)23-63-48(56)57)27-42(71)41(64-46(72)45(66-50(75)77-7)52(4,5)53(58,59)60)18-31-11-8-30(9-12-31)10-13-32-14-17-43(62-22-32)68-24-35-15-16-36(25-68)70(35)37-28-78-29-37/h8-9,11-12,14,17,19-23,35-37,41-42,44-45,48,71H,15-16,18,24-29,61H2,1-7H3,(H,64,72)(H,65,74)(H,66,75)(H,67,73)/t35?,36?,41-,42-,44+,45+/m0/s1. The maximum absolute atomic E-state index is 16.0. The molecule has 3 saturated heterocycles. The summed E-state index contributed by atoms with van der Waals surface area (Å²) in [5, 5.41) is 19.7. The highest BCUT2D eigenvalue weighted by atomic mass is 19.4. The first kappa shape index (κ1) is 60.2. The summed E-state index contributed by atoms with van der Waals surface area (Å²) in [5.41, 5.74) is 4.18. The van der Waals surface area contributed by atoms with Gasteiger partial charge in [0.15, 0.2) is 0 Å². The molecular formula is C53H65F7N10O8. The summed E-state index contributed by atoms with van der Waals surface area (Å²) in [7, 11) is 1.92. The van der Waals surface area contributed by atoms with Gasteiger partial charge < -0.3 is 45.9 Å². The van der Waals surface area contributed by atoms with Crippen LogP contribution in [0.25, 0.3) is 5.57 Å². The number of halogens is 7. The first-order valence-electron chi connectivity index (χ1n) is 24.9. The Hall–Kier alpha value is -7.01. The molecule has 0 radical (unpaired) electrons. The van der Waals surface area contributed by atoms with Gasteiger partial charge in [0, 0.05) is 79.1 Å². The fraction of sp³-hybridized carbons (Fsp3) is 0.509. The van der Waals surface area contributed by atoms with Crippen LogP contribution in [0.1, 0.15) is 75.3 Å². The molecule has 3 aliphatic rings. The number of carbonyl (C=O) groups excluding carboxylic acids is 4. The molecule has 78 heavy (non-hydrogen) atoms. The number of fused-ring (bicyclic) bond motifs is 2. The molecule has 25 heteroatoms. The first-order valence-corrected chi connectivity index (χ1v) is 24.9. The van der Waals surface area contributed by atoms with Crippen LogP contribution >= 0.6 is 0 Å².